The molecule has 1 aromatic carbocycles. The van der Waals surface area contributed by atoms with Gasteiger partial charge in [0.25, 0.3) is 5.70 Å². The van der Waals surface area contributed by atoms with E-state index in [1.54, 1.807) is 12.1 Å². The minimum absolute atomic E-state index is 0.244. The van der Waals surface area contributed by atoms with Crippen molar-refractivity contribution in [1.82, 2.24) is 0 Å². The van der Waals surface area contributed by atoms with E-state index in [1.807, 2.05) is 6.07 Å². The maximum atomic E-state index is 10.6. The van der Waals surface area contributed by atoms with Crippen molar-refractivity contribution < 1.29 is 9.66 Å². The van der Waals surface area contributed by atoms with Gasteiger partial charge in [-0.15, -0.1) is 0 Å². The third-order valence-electron chi connectivity index (χ3n) is 3.22. The summed E-state index contributed by atoms with van der Waals surface area (Å²) in [5.41, 5.74) is 6.47. The van der Waals surface area contributed by atoms with Crippen molar-refractivity contribution in [2.45, 2.75) is 18.8 Å². The van der Waals surface area contributed by atoms with Crippen LogP contribution in [-0.2, 0) is 0 Å². The maximum Gasteiger partial charge on any atom is 0.284 e. The lowest BCUT2D eigenvalue weighted by atomic mass is 10.1. The van der Waals surface area contributed by atoms with Gasteiger partial charge < -0.3 is 10.5 Å². The number of ether oxygens (including phenoxy) is 1. The predicted molar refractivity (Wildman–Crippen MR) is 81.3 cm³/mol. The zero-order valence-electron chi connectivity index (χ0n) is 11.9. The Bertz CT molecular complexity index is 710. The first-order valence-electron chi connectivity index (χ1n) is 6.70. The summed E-state index contributed by atoms with van der Waals surface area (Å²) in [7, 11) is 0. The Morgan fingerprint density at radius 2 is 2.23 bits per heavy atom. The fourth-order valence-electron chi connectivity index (χ4n) is 1.96. The van der Waals surface area contributed by atoms with Crippen LogP contribution < -0.4 is 10.5 Å². The van der Waals surface area contributed by atoms with Crippen LogP contribution in [-0.4, -0.2) is 4.92 Å². The summed E-state index contributed by atoms with van der Waals surface area (Å²) in [5, 5.41) is 19.6. The van der Waals surface area contributed by atoms with Gasteiger partial charge in [0.05, 0.1) is 22.8 Å². The number of hydrogen-bond acceptors (Lipinski definition) is 5. The van der Waals surface area contributed by atoms with E-state index in [9.17, 15) is 10.1 Å². The monoisotopic (exact) mass is 297 g/mol. The molecule has 1 aliphatic carbocycles. The molecule has 0 bridgehead atoms. The van der Waals surface area contributed by atoms with Gasteiger partial charge in [0, 0.05) is 6.08 Å². The van der Waals surface area contributed by atoms with Crippen LogP contribution in [0.4, 0.5) is 0 Å². The average Bonchev–Trinajstić information content (AvgIpc) is 3.32. The van der Waals surface area contributed by atoms with Crippen LogP contribution >= 0.6 is 0 Å². The zero-order valence-corrected chi connectivity index (χ0v) is 11.9. The Morgan fingerprint density at radius 1 is 1.50 bits per heavy atom. The van der Waals surface area contributed by atoms with Crippen molar-refractivity contribution in [3.63, 3.8) is 0 Å². The summed E-state index contributed by atoms with van der Waals surface area (Å²) in [6.07, 6.45) is 5.64. The lowest BCUT2D eigenvalue weighted by Gasteiger charge is -2.10. The number of nitriles is 1. The van der Waals surface area contributed by atoms with Gasteiger partial charge in [-0.1, -0.05) is 6.58 Å². The van der Waals surface area contributed by atoms with Gasteiger partial charge in [0.2, 0.25) is 0 Å². The standard InChI is InChI=1S/C16H15N3O3/c1-11(2-6-14(10-18)19(20)21)22-16-7-3-12(9-17)8-15(16)13-4-5-13/h2-3,6-8,10,13H,1,4-5,18H2/b6-2-,14-10+. The Labute approximate surface area is 128 Å². The molecular formula is C16H15N3O3. The summed E-state index contributed by atoms with van der Waals surface area (Å²) in [6, 6.07) is 7.30. The molecule has 1 aromatic rings. The van der Waals surface area contributed by atoms with Gasteiger partial charge in [0.15, 0.2) is 0 Å². The normalized spacial score (nSPS) is 14.6. The Hall–Kier alpha value is -3.07. The van der Waals surface area contributed by atoms with Gasteiger partial charge in [-0.3, -0.25) is 10.1 Å². The number of benzene rings is 1. The van der Waals surface area contributed by atoms with Crippen LogP contribution in [0.15, 0.2) is 54.6 Å². The number of nitrogens with two attached hydrogens (primary N) is 1. The van der Waals surface area contributed by atoms with E-state index in [0.717, 1.165) is 24.6 Å². The highest BCUT2D eigenvalue weighted by Gasteiger charge is 2.27. The second kappa shape index (κ2) is 6.59. The lowest BCUT2D eigenvalue weighted by molar-refractivity contribution is -0.419. The summed E-state index contributed by atoms with van der Waals surface area (Å²) >= 11 is 0. The van der Waals surface area contributed by atoms with Crippen molar-refractivity contribution in [3.8, 4) is 11.8 Å². The number of hydrogen-bond donors (Lipinski definition) is 1. The molecular weight excluding hydrogens is 282 g/mol. The summed E-state index contributed by atoms with van der Waals surface area (Å²) in [6.45, 7) is 3.71. The number of nitrogens with zero attached hydrogens (tertiary/aromatic N) is 2. The molecule has 0 atom stereocenters. The molecule has 1 aliphatic rings. The number of rotatable bonds is 6. The van der Waals surface area contributed by atoms with Crippen molar-refractivity contribution in [3.05, 3.63) is 75.8 Å². The molecule has 0 unspecified atom stereocenters. The van der Waals surface area contributed by atoms with E-state index in [4.69, 9.17) is 15.7 Å². The van der Waals surface area contributed by atoms with E-state index in [-0.39, 0.29) is 11.5 Å². The summed E-state index contributed by atoms with van der Waals surface area (Å²) in [4.78, 5) is 10.0. The quantitative estimate of drug-likeness (QED) is 0.376. The lowest BCUT2D eigenvalue weighted by Crippen LogP contribution is -2.00. The second-order valence-corrected chi connectivity index (χ2v) is 4.89. The Balaban J connectivity index is 2.14. The van der Waals surface area contributed by atoms with Gasteiger partial charge in [0.1, 0.15) is 11.5 Å². The average molecular weight is 297 g/mol. The zero-order chi connectivity index (χ0) is 16.1. The van der Waals surface area contributed by atoms with E-state index >= 15 is 0 Å². The van der Waals surface area contributed by atoms with Crippen LogP contribution in [0.2, 0.25) is 0 Å². The number of allylic oxidation sites excluding steroid dienone is 2. The molecule has 22 heavy (non-hydrogen) atoms. The van der Waals surface area contributed by atoms with Gasteiger partial charge in [-0.05, 0) is 48.6 Å². The van der Waals surface area contributed by atoms with Gasteiger partial charge in [-0.25, -0.2) is 0 Å². The second-order valence-electron chi connectivity index (χ2n) is 4.89. The Morgan fingerprint density at radius 3 is 2.77 bits per heavy atom. The molecule has 0 radical (unpaired) electrons. The largest absolute Gasteiger partial charge is 0.458 e. The smallest absolute Gasteiger partial charge is 0.284 e. The molecule has 1 fully saturated rings. The van der Waals surface area contributed by atoms with Crippen molar-refractivity contribution in [2.75, 3.05) is 0 Å². The van der Waals surface area contributed by atoms with Gasteiger partial charge >= 0.3 is 0 Å². The molecule has 6 nitrogen and oxygen atoms in total. The molecule has 0 amide bonds. The molecule has 0 saturated heterocycles. The minimum Gasteiger partial charge on any atom is -0.458 e. The van der Waals surface area contributed by atoms with Gasteiger partial charge in [-0.2, -0.15) is 5.26 Å². The van der Waals surface area contributed by atoms with Crippen LogP contribution in [0.3, 0.4) is 0 Å². The fraction of sp³-hybridized carbons (Fsp3) is 0.188. The van der Waals surface area contributed by atoms with E-state index in [2.05, 4.69) is 12.6 Å². The topological polar surface area (TPSA) is 102 Å². The molecule has 0 spiro atoms. The highest BCUT2D eigenvalue weighted by atomic mass is 16.6. The number of nitro groups is 1. The first kappa shape index (κ1) is 15.3. The molecule has 0 heterocycles. The first-order chi connectivity index (χ1) is 10.5. The maximum absolute atomic E-state index is 10.6. The van der Waals surface area contributed by atoms with E-state index in [1.165, 1.54) is 12.2 Å². The van der Waals surface area contributed by atoms with Crippen LogP contribution in [0.5, 0.6) is 5.75 Å². The minimum atomic E-state index is -0.596. The summed E-state index contributed by atoms with van der Waals surface area (Å²) in [5.74, 6) is 1.28. The molecule has 1 saturated carbocycles. The van der Waals surface area contributed by atoms with E-state index in [0.29, 0.717) is 17.2 Å². The van der Waals surface area contributed by atoms with Crippen molar-refractivity contribution >= 4 is 0 Å². The van der Waals surface area contributed by atoms with Crippen molar-refractivity contribution in [1.29, 1.82) is 5.26 Å². The third-order valence-corrected chi connectivity index (χ3v) is 3.22. The highest BCUT2D eigenvalue weighted by Crippen LogP contribution is 2.44. The first-order valence-corrected chi connectivity index (χ1v) is 6.70. The molecule has 0 aromatic heterocycles. The third kappa shape index (κ3) is 3.73. The summed E-state index contributed by atoms with van der Waals surface area (Å²) < 4.78 is 5.64. The highest BCUT2D eigenvalue weighted by molar-refractivity contribution is 5.46. The predicted octanol–water partition coefficient (Wildman–Crippen LogP) is 2.96. The van der Waals surface area contributed by atoms with Crippen LogP contribution in [0, 0.1) is 21.4 Å². The SMILES string of the molecule is C=C(/C=C\C(=C/N)[N+](=O)[O-])Oc1ccc(C#N)cc1C1CC1. The molecule has 2 N–H and O–H groups in total. The molecule has 0 aliphatic heterocycles. The molecule has 2 rings (SSSR count). The van der Waals surface area contributed by atoms with Crippen LogP contribution in [0.25, 0.3) is 0 Å². The van der Waals surface area contributed by atoms with Crippen molar-refractivity contribution in [2.24, 2.45) is 5.73 Å². The fourth-order valence-corrected chi connectivity index (χ4v) is 1.96. The van der Waals surface area contributed by atoms with Crippen LogP contribution in [0.1, 0.15) is 29.9 Å². The Kier molecular flexibility index (Phi) is 4.59. The molecule has 6 heteroatoms. The molecule has 112 valence electrons. The van der Waals surface area contributed by atoms with E-state index < -0.39 is 4.92 Å².